The van der Waals surface area contributed by atoms with E-state index in [2.05, 4.69) is 42.3 Å². The quantitative estimate of drug-likeness (QED) is 0.901. The highest BCUT2D eigenvalue weighted by atomic mass is 35.5. The third-order valence-electron chi connectivity index (χ3n) is 4.26. The SMILES string of the molecule is C[C@H]1CCCN1c1nc(Cl)nc(Nc2cc(C3CC3)[nH]n2)n1. The van der Waals surface area contributed by atoms with Crippen molar-refractivity contribution in [3.63, 3.8) is 0 Å². The Morgan fingerprint density at radius 2 is 2.14 bits per heavy atom. The number of hydrogen-bond donors (Lipinski definition) is 2. The molecule has 2 fully saturated rings. The number of H-pyrrole nitrogens is 1. The molecular formula is C14H18ClN7. The molecule has 0 aromatic carbocycles. The van der Waals surface area contributed by atoms with Crippen LogP contribution in [0.4, 0.5) is 17.7 Å². The molecule has 1 saturated heterocycles. The van der Waals surface area contributed by atoms with Crippen LogP contribution in [0.3, 0.4) is 0 Å². The molecular weight excluding hydrogens is 302 g/mol. The number of hydrogen-bond acceptors (Lipinski definition) is 6. The fraction of sp³-hybridized carbons (Fsp3) is 0.571. The zero-order valence-electron chi connectivity index (χ0n) is 12.4. The minimum Gasteiger partial charge on any atom is -0.338 e. The smallest absolute Gasteiger partial charge is 0.234 e. The van der Waals surface area contributed by atoms with Crippen LogP contribution in [0, 0.1) is 0 Å². The average molecular weight is 320 g/mol. The molecule has 2 N–H and O–H groups in total. The van der Waals surface area contributed by atoms with E-state index in [1.54, 1.807) is 0 Å². The van der Waals surface area contributed by atoms with Crippen LogP contribution in [0.25, 0.3) is 0 Å². The van der Waals surface area contributed by atoms with Gasteiger partial charge >= 0.3 is 0 Å². The molecule has 0 bridgehead atoms. The topological polar surface area (TPSA) is 82.6 Å². The second-order valence-corrected chi connectivity index (χ2v) is 6.36. The summed E-state index contributed by atoms with van der Waals surface area (Å²) in [6.07, 6.45) is 4.76. The number of anilines is 3. The molecule has 22 heavy (non-hydrogen) atoms. The first-order valence-corrected chi connectivity index (χ1v) is 8.07. The van der Waals surface area contributed by atoms with Crippen molar-refractivity contribution in [2.75, 3.05) is 16.8 Å². The highest BCUT2D eigenvalue weighted by molar-refractivity contribution is 6.28. The van der Waals surface area contributed by atoms with Crippen LogP contribution in [0.15, 0.2) is 6.07 Å². The van der Waals surface area contributed by atoms with Gasteiger partial charge in [0, 0.05) is 30.3 Å². The molecule has 0 radical (unpaired) electrons. The van der Waals surface area contributed by atoms with Gasteiger partial charge in [-0.25, -0.2) is 0 Å². The Morgan fingerprint density at radius 3 is 2.86 bits per heavy atom. The summed E-state index contributed by atoms with van der Waals surface area (Å²) in [7, 11) is 0. The third kappa shape index (κ3) is 2.72. The van der Waals surface area contributed by atoms with E-state index in [9.17, 15) is 0 Å². The fourth-order valence-corrected chi connectivity index (χ4v) is 3.03. The zero-order valence-corrected chi connectivity index (χ0v) is 13.1. The van der Waals surface area contributed by atoms with Crippen molar-refractivity contribution in [3.8, 4) is 0 Å². The molecule has 2 aliphatic rings. The number of halogens is 1. The van der Waals surface area contributed by atoms with Crippen LogP contribution in [-0.2, 0) is 0 Å². The van der Waals surface area contributed by atoms with Crippen molar-refractivity contribution in [3.05, 3.63) is 17.0 Å². The van der Waals surface area contributed by atoms with Gasteiger partial charge in [0.1, 0.15) is 0 Å². The number of rotatable bonds is 4. The van der Waals surface area contributed by atoms with E-state index >= 15 is 0 Å². The first-order valence-electron chi connectivity index (χ1n) is 7.69. The largest absolute Gasteiger partial charge is 0.338 e. The Hall–Kier alpha value is -1.89. The van der Waals surface area contributed by atoms with Crippen LogP contribution in [0.2, 0.25) is 5.28 Å². The number of nitrogens with zero attached hydrogens (tertiary/aromatic N) is 5. The number of aromatic nitrogens is 5. The van der Waals surface area contributed by atoms with Crippen LogP contribution < -0.4 is 10.2 Å². The Labute approximate surface area is 133 Å². The summed E-state index contributed by atoms with van der Waals surface area (Å²) < 4.78 is 0. The monoisotopic (exact) mass is 319 g/mol. The third-order valence-corrected chi connectivity index (χ3v) is 4.43. The predicted molar refractivity (Wildman–Crippen MR) is 84.7 cm³/mol. The second kappa shape index (κ2) is 5.39. The van der Waals surface area contributed by atoms with Crippen molar-refractivity contribution >= 4 is 29.3 Å². The van der Waals surface area contributed by atoms with Gasteiger partial charge in [-0.05, 0) is 44.2 Å². The molecule has 8 heteroatoms. The van der Waals surface area contributed by atoms with Crippen molar-refractivity contribution in [2.24, 2.45) is 0 Å². The fourth-order valence-electron chi connectivity index (χ4n) is 2.87. The number of nitrogens with one attached hydrogen (secondary N) is 2. The van der Waals surface area contributed by atoms with Gasteiger partial charge in [-0.15, -0.1) is 0 Å². The summed E-state index contributed by atoms with van der Waals surface area (Å²) >= 11 is 6.05. The van der Waals surface area contributed by atoms with Crippen molar-refractivity contribution in [1.82, 2.24) is 25.1 Å². The Bertz CT molecular complexity index is 682. The summed E-state index contributed by atoms with van der Waals surface area (Å²) in [6, 6.07) is 2.44. The summed E-state index contributed by atoms with van der Waals surface area (Å²) in [5, 5.41) is 10.6. The minimum atomic E-state index is 0.199. The van der Waals surface area contributed by atoms with Crippen molar-refractivity contribution in [1.29, 1.82) is 0 Å². The van der Waals surface area contributed by atoms with Crippen LogP contribution in [0.5, 0.6) is 0 Å². The molecule has 0 amide bonds. The first kappa shape index (κ1) is 13.8. The lowest BCUT2D eigenvalue weighted by atomic mass is 10.2. The first-order chi connectivity index (χ1) is 10.7. The molecule has 1 aliphatic carbocycles. The van der Waals surface area contributed by atoms with Gasteiger partial charge in [-0.2, -0.15) is 20.1 Å². The standard InChI is InChI=1S/C14H18ClN7/c1-8-3-2-6-22(8)14-18-12(15)17-13(19-14)16-11-7-10(20-21-11)9-4-5-9/h7-9H,2-6H2,1H3,(H2,16,17,18,19,20,21)/t8-/m0/s1. The van der Waals surface area contributed by atoms with E-state index in [0.717, 1.165) is 25.1 Å². The Kier molecular flexibility index (Phi) is 3.37. The van der Waals surface area contributed by atoms with E-state index in [4.69, 9.17) is 11.6 Å². The minimum absolute atomic E-state index is 0.199. The molecule has 2 aromatic rings. The normalized spacial score (nSPS) is 21.4. The highest BCUT2D eigenvalue weighted by Gasteiger charge is 2.26. The lowest BCUT2D eigenvalue weighted by molar-refractivity contribution is 0.715. The molecule has 1 aliphatic heterocycles. The van der Waals surface area contributed by atoms with Crippen molar-refractivity contribution in [2.45, 2.75) is 44.6 Å². The van der Waals surface area contributed by atoms with Gasteiger partial charge in [0.25, 0.3) is 0 Å². The summed E-state index contributed by atoms with van der Waals surface area (Å²) in [6.45, 7) is 3.13. The molecule has 4 rings (SSSR count). The Morgan fingerprint density at radius 1 is 1.27 bits per heavy atom. The molecule has 116 valence electrons. The lowest BCUT2D eigenvalue weighted by Crippen LogP contribution is -2.28. The van der Waals surface area contributed by atoms with Gasteiger partial charge in [0.15, 0.2) is 5.82 Å². The van der Waals surface area contributed by atoms with Gasteiger partial charge in [0.05, 0.1) is 0 Å². The van der Waals surface area contributed by atoms with E-state index in [1.807, 2.05) is 6.07 Å². The molecule has 1 atom stereocenters. The van der Waals surface area contributed by atoms with E-state index in [-0.39, 0.29) is 5.28 Å². The van der Waals surface area contributed by atoms with Gasteiger partial charge in [-0.1, -0.05) is 0 Å². The van der Waals surface area contributed by atoms with Crippen molar-refractivity contribution < 1.29 is 0 Å². The lowest BCUT2D eigenvalue weighted by Gasteiger charge is -2.21. The van der Waals surface area contributed by atoms with Gasteiger partial charge < -0.3 is 10.2 Å². The summed E-state index contributed by atoms with van der Waals surface area (Å²) in [5.41, 5.74) is 1.16. The van der Waals surface area contributed by atoms with E-state index in [0.29, 0.717) is 29.7 Å². The van der Waals surface area contributed by atoms with E-state index in [1.165, 1.54) is 12.8 Å². The van der Waals surface area contributed by atoms with Gasteiger partial charge in [-0.3, -0.25) is 5.10 Å². The van der Waals surface area contributed by atoms with E-state index < -0.39 is 0 Å². The molecule has 3 heterocycles. The van der Waals surface area contributed by atoms with Crippen LogP contribution in [-0.4, -0.2) is 37.7 Å². The highest BCUT2D eigenvalue weighted by Crippen LogP contribution is 2.39. The molecule has 0 spiro atoms. The molecule has 2 aromatic heterocycles. The maximum atomic E-state index is 6.05. The zero-order chi connectivity index (χ0) is 15.1. The summed E-state index contributed by atoms with van der Waals surface area (Å²) in [4.78, 5) is 15.0. The van der Waals surface area contributed by atoms with Gasteiger partial charge in [0.2, 0.25) is 17.2 Å². The average Bonchev–Trinajstić information content (AvgIpc) is 3.08. The second-order valence-electron chi connectivity index (χ2n) is 6.02. The number of aromatic amines is 1. The maximum Gasteiger partial charge on any atom is 0.234 e. The molecule has 1 saturated carbocycles. The van der Waals surface area contributed by atoms with Crippen LogP contribution >= 0.6 is 11.6 Å². The summed E-state index contributed by atoms with van der Waals surface area (Å²) in [5.74, 6) is 2.41. The maximum absolute atomic E-state index is 6.05. The molecule has 7 nitrogen and oxygen atoms in total. The molecule has 0 unspecified atom stereocenters. The predicted octanol–water partition coefficient (Wildman–Crippen LogP) is 2.86. The Balaban J connectivity index is 1.56. The van der Waals surface area contributed by atoms with Crippen LogP contribution in [0.1, 0.15) is 44.2 Å².